The fourth-order valence-electron chi connectivity index (χ4n) is 2.43. The highest BCUT2D eigenvalue weighted by molar-refractivity contribution is 5.74. The van der Waals surface area contributed by atoms with Crippen LogP contribution in [-0.4, -0.2) is 23.8 Å². The van der Waals surface area contributed by atoms with Gasteiger partial charge in [0.1, 0.15) is 11.5 Å². The average molecular weight is 364 g/mol. The minimum absolute atomic E-state index is 0.0446. The van der Waals surface area contributed by atoms with Crippen LogP contribution in [0.25, 0.3) is 0 Å². The molecule has 0 aliphatic carbocycles. The molecule has 0 saturated heterocycles. The number of aryl methyl sites for hydroxylation is 1. The SMILES string of the molecule is CC(CCc1ccc(O)cc1)NC(=O)NCc1ccccc1OC(F)F. The van der Waals surface area contributed by atoms with Gasteiger partial charge in [0, 0.05) is 18.2 Å². The highest BCUT2D eigenvalue weighted by Gasteiger charge is 2.11. The van der Waals surface area contributed by atoms with E-state index in [4.69, 9.17) is 0 Å². The number of aromatic hydroxyl groups is 1. The Morgan fingerprint density at radius 3 is 2.54 bits per heavy atom. The van der Waals surface area contributed by atoms with Gasteiger partial charge in [-0.1, -0.05) is 30.3 Å². The van der Waals surface area contributed by atoms with Crippen LogP contribution in [0.15, 0.2) is 48.5 Å². The van der Waals surface area contributed by atoms with Crippen molar-refractivity contribution in [3.63, 3.8) is 0 Å². The topological polar surface area (TPSA) is 70.6 Å². The lowest BCUT2D eigenvalue weighted by atomic mass is 10.1. The maximum atomic E-state index is 12.4. The van der Waals surface area contributed by atoms with E-state index in [9.17, 15) is 18.7 Å². The number of carbonyl (C=O) groups is 1. The summed E-state index contributed by atoms with van der Waals surface area (Å²) in [6.45, 7) is -0.947. The Morgan fingerprint density at radius 2 is 1.85 bits per heavy atom. The third kappa shape index (κ3) is 6.58. The average Bonchev–Trinajstić information content (AvgIpc) is 2.60. The van der Waals surface area contributed by atoms with Crippen LogP contribution in [0.3, 0.4) is 0 Å². The lowest BCUT2D eigenvalue weighted by Crippen LogP contribution is -2.40. The van der Waals surface area contributed by atoms with Crippen LogP contribution in [0.1, 0.15) is 24.5 Å². The van der Waals surface area contributed by atoms with Crippen molar-refractivity contribution in [2.24, 2.45) is 0 Å². The molecule has 140 valence electrons. The molecular formula is C19H22F2N2O3. The molecule has 0 radical (unpaired) electrons. The van der Waals surface area contributed by atoms with Crippen LogP contribution >= 0.6 is 0 Å². The first-order chi connectivity index (χ1) is 12.4. The number of phenolic OH excluding ortho intramolecular Hbond substituents is 1. The summed E-state index contributed by atoms with van der Waals surface area (Å²) in [5.74, 6) is 0.263. The molecule has 0 aromatic heterocycles. The molecule has 0 aliphatic rings. The number of benzene rings is 2. The highest BCUT2D eigenvalue weighted by atomic mass is 19.3. The molecule has 2 aromatic carbocycles. The van der Waals surface area contributed by atoms with Crippen molar-refractivity contribution in [3.05, 3.63) is 59.7 Å². The molecule has 5 nitrogen and oxygen atoms in total. The van der Waals surface area contributed by atoms with Crippen LogP contribution in [-0.2, 0) is 13.0 Å². The van der Waals surface area contributed by atoms with Crippen molar-refractivity contribution in [2.45, 2.75) is 39.0 Å². The molecule has 1 unspecified atom stereocenters. The number of ether oxygens (including phenoxy) is 1. The zero-order valence-electron chi connectivity index (χ0n) is 14.4. The fourth-order valence-corrected chi connectivity index (χ4v) is 2.43. The zero-order valence-corrected chi connectivity index (χ0v) is 14.4. The van der Waals surface area contributed by atoms with E-state index in [0.717, 1.165) is 18.4 Å². The van der Waals surface area contributed by atoms with Crippen molar-refractivity contribution in [2.75, 3.05) is 0 Å². The van der Waals surface area contributed by atoms with Gasteiger partial charge >= 0.3 is 12.6 Å². The lowest BCUT2D eigenvalue weighted by Gasteiger charge is -2.16. The van der Waals surface area contributed by atoms with E-state index < -0.39 is 6.61 Å². The number of amides is 2. The normalized spacial score (nSPS) is 11.8. The smallest absolute Gasteiger partial charge is 0.387 e. The Morgan fingerprint density at radius 1 is 1.15 bits per heavy atom. The van der Waals surface area contributed by atoms with Gasteiger partial charge in [-0.3, -0.25) is 0 Å². The summed E-state index contributed by atoms with van der Waals surface area (Å²) in [7, 11) is 0. The van der Waals surface area contributed by atoms with Gasteiger partial charge in [0.05, 0.1) is 0 Å². The van der Waals surface area contributed by atoms with Gasteiger partial charge in [0.15, 0.2) is 0 Å². The number of halogens is 2. The van der Waals surface area contributed by atoms with Crippen molar-refractivity contribution in [1.29, 1.82) is 0 Å². The van der Waals surface area contributed by atoms with E-state index in [0.29, 0.717) is 5.56 Å². The number of nitrogens with one attached hydrogen (secondary N) is 2. The molecule has 2 aromatic rings. The molecule has 2 amide bonds. The minimum atomic E-state index is -2.91. The Labute approximate surface area is 151 Å². The maximum absolute atomic E-state index is 12.4. The summed E-state index contributed by atoms with van der Waals surface area (Å²) in [5.41, 5.74) is 1.54. The van der Waals surface area contributed by atoms with Crippen molar-refractivity contribution in [3.8, 4) is 11.5 Å². The second kappa shape index (κ2) is 9.60. The van der Waals surface area contributed by atoms with Gasteiger partial charge in [-0.25, -0.2) is 4.79 Å². The Balaban J connectivity index is 1.77. The van der Waals surface area contributed by atoms with Gasteiger partial charge in [-0.2, -0.15) is 8.78 Å². The minimum Gasteiger partial charge on any atom is -0.508 e. The first-order valence-corrected chi connectivity index (χ1v) is 8.29. The third-order valence-electron chi connectivity index (χ3n) is 3.81. The van der Waals surface area contributed by atoms with Gasteiger partial charge in [-0.15, -0.1) is 0 Å². The molecule has 0 fully saturated rings. The quantitative estimate of drug-likeness (QED) is 0.667. The predicted molar refractivity (Wildman–Crippen MR) is 94.3 cm³/mol. The summed E-state index contributed by atoms with van der Waals surface area (Å²) in [5, 5.41) is 14.7. The van der Waals surface area contributed by atoms with Crippen LogP contribution in [0.2, 0.25) is 0 Å². The van der Waals surface area contributed by atoms with E-state index in [-0.39, 0.29) is 30.1 Å². The zero-order chi connectivity index (χ0) is 18.9. The fraction of sp³-hybridized carbons (Fsp3) is 0.316. The number of carbonyl (C=O) groups excluding carboxylic acids is 1. The molecule has 0 saturated carbocycles. The molecule has 0 bridgehead atoms. The molecule has 2 rings (SSSR count). The third-order valence-corrected chi connectivity index (χ3v) is 3.81. The van der Waals surface area contributed by atoms with E-state index in [2.05, 4.69) is 15.4 Å². The summed E-state index contributed by atoms with van der Waals surface area (Å²) >= 11 is 0. The van der Waals surface area contributed by atoms with Gasteiger partial charge in [-0.05, 0) is 43.5 Å². The standard InChI is InChI=1S/C19H22F2N2O3/c1-13(6-7-14-8-10-16(24)11-9-14)23-19(25)22-12-15-4-2-3-5-17(15)26-18(20)21/h2-5,8-11,13,18,24H,6-7,12H2,1H3,(H2,22,23,25). The number of urea groups is 1. The van der Waals surface area contributed by atoms with Crippen LogP contribution in [0, 0.1) is 0 Å². The largest absolute Gasteiger partial charge is 0.508 e. The summed E-state index contributed by atoms with van der Waals surface area (Å²) in [6.07, 6.45) is 1.48. The molecule has 0 spiro atoms. The van der Waals surface area contributed by atoms with Crippen LogP contribution in [0.5, 0.6) is 11.5 Å². The Hall–Kier alpha value is -2.83. The van der Waals surface area contributed by atoms with Crippen LogP contribution in [0.4, 0.5) is 13.6 Å². The summed E-state index contributed by atoms with van der Waals surface area (Å²) < 4.78 is 29.2. The first kappa shape index (κ1) is 19.5. The molecule has 3 N–H and O–H groups in total. The number of hydrogen-bond donors (Lipinski definition) is 3. The number of hydrogen-bond acceptors (Lipinski definition) is 3. The summed E-state index contributed by atoms with van der Waals surface area (Å²) in [4.78, 5) is 12.0. The molecular weight excluding hydrogens is 342 g/mol. The van der Waals surface area contributed by atoms with Gasteiger partial charge in [0.2, 0.25) is 0 Å². The molecule has 26 heavy (non-hydrogen) atoms. The molecule has 1 atom stereocenters. The monoisotopic (exact) mass is 364 g/mol. The second-order valence-electron chi connectivity index (χ2n) is 5.92. The van der Waals surface area contributed by atoms with Crippen LogP contribution < -0.4 is 15.4 Å². The first-order valence-electron chi connectivity index (χ1n) is 8.29. The van der Waals surface area contributed by atoms with E-state index in [1.54, 1.807) is 30.3 Å². The second-order valence-corrected chi connectivity index (χ2v) is 5.92. The van der Waals surface area contributed by atoms with E-state index in [1.807, 2.05) is 19.1 Å². The number of para-hydroxylation sites is 1. The number of alkyl halides is 2. The van der Waals surface area contributed by atoms with Gasteiger partial charge < -0.3 is 20.5 Å². The maximum Gasteiger partial charge on any atom is 0.387 e. The molecule has 7 heteroatoms. The van der Waals surface area contributed by atoms with Crippen molar-refractivity contribution < 1.29 is 23.4 Å². The highest BCUT2D eigenvalue weighted by Crippen LogP contribution is 2.19. The van der Waals surface area contributed by atoms with E-state index in [1.165, 1.54) is 6.07 Å². The van der Waals surface area contributed by atoms with Crippen molar-refractivity contribution >= 4 is 6.03 Å². The van der Waals surface area contributed by atoms with Crippen molar-refractivity contribution in [1.82, 2.24) is 10.6 Å². The number of rotatable bonds is 8. The molecule has 0 aliphatic heterocycles. The predicted octanol–water partition coefficient (Wildman–Crippen LogP) is 3.81. The Kier molecular flexibility index (Phi) is 7.20. The lowest BCUT2D eigenvalue weighted by molar-refractivity contribution is -0.0504. The molecule has 0 heterocycles. The summed E-state index contributed by atoms with van der Waals surface area (Å²) in [6, 6.07) is 12.8. The van der Waals surface area contributed by atoms with Gasteiger partial charge in [0.25, 0.3) is 0 Å². The van der Waals surface area contributed by atoms with E-state index >= 15 is 0 Å². The Bertz CT molecular complexity index is 708. The number of phenols is 1.